The molecule has 3 rings (SSSR count). The number of ether oxygens (including phenoxy) is 1. The van der Waals surface area contributed by atoms with Crippen molar-refractivity contribution >= 4 is 45.9 Å². The van der Waals surface area contributed by atoms with Gasteiger partial charge in [-0.3, -0.25) is 9.59 Å². The summed E-state index contributed by atoms with van der Waals surface area (Å²) in [6, 6.07) is 2.50. The van der Waals surface area contributed by atoms with Crippen LogP contribution < -0.4 is 0 Å². The van der Waals surface area contributed by atoms with E-state index in [0.717, 1.165) is 11.3 Å². The first kappa shape index (κ1) is 20.6. The molecule has 2 fully saturated rings. The molecule has 3 heterocycles. The molecule has 0 aliphatic carbocycles. The third kappa shape index (κ3) is 4.33. The first-order chi connectivity index (χ1) is 12.8. The smallest absolute Gasteiger partial charge is 0.309 e. The molecular formula is C17H24N2O5S3. The summed E-state index contributed by atoms with van der Waals surface area (Å²) in [5, 5.41) is 1.53. The van der Waals surface area contributed by atoms with Crippen LogP contribution in [-0.2, 0) is 24.3 Å². The van der Waals surface area contributed by atoms with E-state index in [1.807, 2.05) is 0 Å². The van der Waals surface area contributed by atoms with Gasteiger partial charge in [0.05, 0.1) is 12.5 Å². The highest BCUT2D eigenvalue weighted by Crippen LogP contribution is 2.32. The highest BCUT2D eigenvalue weighted by Gasteiger charge is 2.45. The molecule has 2 aliphatic rings. The van der Waals surface area contributed by atoms with Gasteiger partial charge in [-0.1, -0.05) is 6.07 Å². The third-order valence-corrected chi connectivity index (χ3v) is 8.63. The summed E-state index contributed by atoms with van der Waals surface area (Å²) in [4.78, 5) is 26.6. The number of amides is 1. The van der Waals surface area contributed by atoms with E-state index in [-0.39, 0.29) is 33.8 Å². The number of hydrogen-bond donors (Lipinski definition) is 1. The van der Waals surface area contributed by atoms with E-state index >= 15 is 0 Å². The van der Waals surface area contributed by atoms with Gasteiger partial charge in [0.1, 0.15) is 10.3 Å². The van der Waals surface area contributed by atoms with Gasteiger partial charge in [0, 0.05) is 24.9 Å². The molecule has 0 bridgehead atoms. The number of carbonyl (C=O) groups is 2. The van der Waals surface area contributed by atoms with E-state index in [9.17, 15) is 18.0 Å². The van der Waals surface area contributed by atoms with Crippen molar-refractivity contribution in [2.24, 2.45) is 5.92 Å². The Morgan fingerprint density at radius 1 is 1.33 bits per heavy atom. The van der Waals surface area contributed by atoms with Gasteiger partial charge in [-0.15, -0.1) is 11.3 Å². The van der Waals surface area contributed by atoms with Crippen LogP contribution in [0.15, 0.2) is 21.7 Å². The number of piperidine rings is 1. The number of esters is 1. The minimum Gasteiger partial charge on any atom is -0.466 e. The van der Waals surface area contributed by atoms with Gasteiger partial charge in [0.15, 0.2) is 0 Å². The van der Waals surface area contributed by atoms with Crippen molar-refractivity contribution in [1.82, 2.24) is 9.21 Å². The molecule has 7 nitrogen and oxygen atoms in total. The molecule has 0 spiro atoms. The van der Waals surface area contributed by atoms with Gasteiger partial charge in [-0.05, 0) is 37.6 Å². The van der Waals surface area contributed by atoms with Crippen molar-refractivity contribution in [3.05, 3.63) is 17.5 Å². The molecule has 1 amide bonds. The van der Waals surface area contributed by atoms with Crippen molar-refractivity contribution < 1.29 is 22.7 Å². The lowest BCUT2D eigenvalue weighted by atomic mass is 9.96. The van der Waals surface area contributed by atoms with Crippen molar-refractivity contribution in [2.75, 3.05) is 26.2 Å². The Hall–Kier alpha value is -1.10. The third-order valence-electron chi connectivity index (χ3n) is 5.00. The molecule has 27 heavy (non-hydrogen) atoms. The van der Waals surface area contributed by atoms with Crippen molar-refractivity contribution in [1.29, 1.82) is 0 Å². The topological polar surface area (TPSA) is 84.0 Å². The van der Waals surface area contributed by atoms with Gasteiger partial charge in [-0.2, -0.15) is 16.9 Å². The van der Waals surface area contributed by atoms with Gasteiger partial charge < -0.3 is 9.64 Å². The Kier molecular flexibility index (Phi) is 6.50. The monoisotopic (exact) mass is 432 g/mol. The number of likely N-dealkylation sites (tertiary alicyclic amines) is 1. The molecule has 0 saturated carbocycles. The zero-order chi connectivity index (χ0) is 19.6. The number of thiol groups is 1. The number of rotatable bonds is 5. The van der Waals surface area contributed by atoms with Crippen LogP contribution in [0.1, 0.15) is 26.2 Å². The van der Waals surface area contributed by atoms with Crippen LogP contribution in [0, 0.1) is 5.92 Å². The van der Waals surface area contributed by atoms with Crippen LogP contribution in [0.2, 0.25) is 0 Å². The minimum absolute atomic E-state index is 0.175. The Labute approximate surface area is 169 Å². The highest BCUT2D eigenvalue weighted by molar-refractivity contribution is 7.91. The minimum atomic E-state index is -3.71. The van der Waals surface area contributed by atoms with Crippen LogP contribution in [-0.4, -0.2) is 67.0 Å². The molecule has 150 valence electrons. The Morgan fingerprint density at radius 3 is 2.63 bits per heavy atom. The predicted octanol–water partition coefficient (Wildman–Crippen LogP) is 1.61. The molecule has 0 radical (unpaired) electrons. The van der Waals surface area contributed by atoms with Crippen molar-refractivity contribution in [3.8, 4) is 0 Å². The fourth-order valence-corrected chi connectivity index (χ4v) is 6.85. The lowest BCUT2D eigenvalue weighted by Crippen LogP contribution is -2.50. The van der Waals surface area contributed by atoms with Crippen LogP contribution in [0.5, 0.6) is 0 Å². The fourth-order valence-electron chi connectivity index (χ4n) is 3.61. The maximum Gasteiger partial charge on any atom is 0.309 e. The summed E-state index contributed by atoms with van der Waals surface area (Å²) in [5.74, 6) is -0.613. The SMILES string of the molecule is CCOC(=O)C1CCN(C(=O)[C@@H]2C[C@H](S)CN2S(=O)(=O)c2cccs2)CC1. The van der Waals surface area contributed by atoms with E-state index in [0.29, 0.717) is 39.0 Å². The van der Waals surface area contributed by atoms with E-state index in [4.69, 9.17) is 4.74 Å². The van der Waals surface area contributed by atoms with Crippen molar-refractivity contribution in [3.63, 3.8) is 0 Å². The van der Waals surface area contributed by atoms with Crippen LogP contribution in [0.4, 0.5) is 0 Å². The van der Waals surface area contributed by atoms with Gasteiger partial charge in [-0.25, -0.2) is 8.42 Å². The van der Waals surface area contributed by atoms with E-state index in [1.165, 1.54) is 4.31 Å². The second-order valence-corrected chi connectivity index (χ2v) is 10.6. The summed E-state index contributed by atoms with van der Waals surface area (Å²) in [6.45, 7) is 3.21. The van der Waals surface area contributed by atoms with E-state index < -0.39 is 16.1 Å². The number of hydrogen-bond acceptors (Lipinski definition) is 7. The van der Waals surface area contributed by atoms with Crippen LogP contribution in [0.25, 0.3) is 0 Å². The predicted molar refractivity (Wildman–Crippen MR) is 105 cm³/mol. The summed E-state index contributed by atoms with van der Waals surface area (Å²) in [7, 11) is -3.71. The van der Waals surface area contributed by atoms with Crippen LogP contribution in [0.3, 0.4) is 0 Å². The average molecular weight is 433 g/mol. The molecule has 2 saturated heterocycles. The zero-order valence-corrected chi connectivity index (χ0v) is 17.6. The first-order valence-electron chi connectivity index (χ1n) is 9.03. The number of carbonyl (C=O) groups excluding carboxylic acids is 2. The maximum atomic E-state index is 13.0. The molecule has 10 heteroatoms. The van der Waals surface area contributed by atoms with E-state index in [1.54, 1.807) is 29.3 Å². The molecule has 2 atom stereocenters. The van der Waals surface area contributed by atoms with Gasteiger partial charge >= 0.3 is 5.97 Å². The first-order valence-corrected chi connectivity index (χ1v) is 11.9. The molecule has 0 unspecified atom stereocenters. The maximum absolute atomic E-state index is 13.0. The quantitative estimate of drug-likeness (QED) is 0.565. The molecule has 1 aromatic rings. The standard InChI is InChI=1S/C17H24N2O5S3/c1-2-24-17(21)12-5-7-18(8-6-12)16(20)14-10-13(25)11-19(14)27(22,23)15-4-3-9-26-15/h3-4,9,12-14,25H,2,5-8,10-11H2,1H3/t13-,14-/m0/s1. The Balaban J connectivity index is 1.69. The Morgan fingerprint density at radius 2 is 2.04 bits per heavy atom. The lowest BCUT2D eigenvalue weighted by Gasteiger charge is -2.34. The van der Waals surface area contributed by atoms with E-state index in [2.05, 4.69) is 12.6 Å². The summed E-state index contributed by atoms with van der Waals surface area (Å²) < 4.78 is 32.4. The molecule has 2 aliphatic heterocycles. The summed E-state index contributed by atoms with van der Waals surface area (Å²) in [5.41, 5.74) is 0. The molecular weight excluding hydrogens is 408 g/mol. The molecule has 0 N–H and O–H groups in total. The second kappa shape index (κ2) is 8.50. The summed E-state index contributed by atoms with van der Waals surface area (Å²) in [6.07, 6.45) is 1.48. The van der Waals surface area contributed by atoms with Crippen LogP contribution >= 0.6 is 24.0 Å². The van der Waals surface area contributed by atoms with Gasteiger partial charge in [0.2, 0.25) is 5.91 Å². The number of sulfonamides is 1. The molecule has 0 aromatic carbocycles. The number of nitrogens with zero attached hydrogens (tertiary/aromatic N) is 2. The average Bonchev–Trinajstić information content (AvgIpc) is 3.32. The zero-order valence-electron chi connectivity index (χ0n) is 15.1. The summed E-state index contributed by atoms with van der Waals surface area (Å²) >= 11 is 5.57. The Bertz CT molecular complexity index is 772. The fraction of sp³-hybridized carbons (Fsp3) is 0.647. The molecule has 1 aromatic heterocycles. The highest BCUT2D eigenvalue weighted by atomic mass is 32.2. The largest absolute Gasteiger partial charge is 0.466 e. The lowest BCUT2D eigenvalue weighted by molar-refractivity contribution is -0.151. The van der Waals surface area contributed by atoms with Gasteiger partial charge in [0.25, 0.3) is 10.0 Å². The second-order valence-electron chi connectivity index (χ2n) is 6.76. The number of thiophene rings is 1. The van der Waals surface area contributed by atoms with Crippen molar-refractivity contribution in [2.45, 2.75) is 41.7 Å². The normalized spacial score (nSPS) is 24.9.